The number of carbonyl (C=O) groups excluding carboxylic acids is 1. The molecule has 1 aliphatic heterocycles. The molecule has 1 saturated heterocycles. The molecule has 1 amide bonds. The van der Waals surface area contributed by atoms with E-state index in [0.717, 1.165) is 37.4 Å². The number of benzene rings is 1. The topological polar surface area (TPSA) is 50.8 Å². The molecule has 1 heterocycles. The Hall–Kier alpha value is -1.75. The molecule has 1 aromatic rings. The maximum Gasteiger partial charge on any atom is 0.229 e. The molecule has 1 unspecified atom stereocenters. The van der Waals surface area contributed by atoms with Gasteiger partial charge in [0.1, 0.15) is 18.1 Å². The van der Waals surface area contributed by atoms with Crippen LogP contribution in [0.1, 0.15) is 19.8 Å². The highest BCUT2D eigenvalue weighted by molar-refractivity contribution is 5.82. The number of rotatable bonds is 6. The van der Waals surface area contributed by atoms with Crippen molar-refractivity contribution >= 4 is 5.91 Å². The minimum absolute atomic E-state index is 0.193. The van der Waals surface area contributed by atoms with Gasteiger partial charge in [-0.2, -0.15) is 0 Å². The van der Waals surface area contributed by atoms with Gasteiger partial charge in [-0.15, -0.1) is 0 Å². The number of likely N-dealkylation sites (N-methyl/N-ethyl adjacent to an activating group) is 1. The summed E-state index contributed by atoms with van der Waals surface area (Å²) in [7, 11) is 3.48. The van der Waals surface area contributed by atoms with Gasteiger partial charge in [-0.1, -0.05) is 0 Å². The number of nitrogens with one attached hydrogen (secondary N) is 1. The van der Waals surface area contributed by atoms with Crippen LogP contribution in [0.25, 0.3) is 0 Å². The zero-order valence-electron chi connectivity index (χ0n) is 13.7. The molecule has 0 saturated carbocycles. The molecule has 1 aromatic carbocycles. The third kappa shape index (κ3) is 4.13. The summed E-state index contributed by atoms with van der Waals surface area (Å²) in [4.78, 5) is 14.3. The van der Waals surface area contributed by atoms with E-state index in [4.69, 9.17) is 9.47 Å². The number of amides is 1. The van der Waals surface area contributed by atoms with Crippen molar-refractivity contribution < 1.29 is 14.3 Å². The van der Waals surface area contributed by atoms with Crippen LogP contribution in [0.2, 0.25) is 0 Å². The summed E-state index contributed by atoms with van der Waals surface area (Å²) in [6.07, 6.45) is 2.00. The molecule has 1 aliphatic rings. The lowest BCUT2D eigenvalue weighted by atomic mass is 9.81. The summed E-state index contributed by atoms with van der Waals surface area (Å²) in [5.41, 5.74) is -0.285. The van der Waals surface area contributed by atoms with Crippen molar-refractivity contribution in [2.24, 2.45) is 5.41 Å². The van der Waals surface area contributed by atoms with Crippen molar-refractivity contribution in [1.82, 2.24) is 10.2 Å². The van der Waals surface area contributed by atoms with Crippen LogP contribution in [0.3, 0.4) is 0 Å². The first-order valence-corrected chi connectivity index (χ1v) is 7.78. The molecule has 0 radical (unpaired) electrons. The van der Waals surface area contributed by atoms with Crippen molar-refractivity contribution in [2.45, 2.75) is 19.8 Å². The number of nitrogens with zero attached hydrogens (tertiary/aromatic N) is 1. The fraction of sp³-hybridized carbons (Fsp3) is 0.588. The van der Waals surface area contributed by atoms with E-state index in [0.29, 0.717) is 13.2 Å². The van der Waals surface area contributed by atoms with Crippen molar-refractivity contribution in [3.05, 3.63) is 24.3 Å². The summed E-state index contributed by atoms with van der Waals surface area (Å²) >= 11 is 0. The molecule has 0 aromatic heterocycles. The first-order valence-electron chi connectivity index (χ1n) is 7.78. The summed E-state index contributed by atoms with van der Waals surface area (Å²) in [5.74, 6) is 1.78. The zero-order valence-corrected chi connectivity index (χ0v) is 13.7. The number of piperidine rings is 1. The Morgan fingerprint density at radius 1 is 1.32 bits per heavy atom. The van der Waals surface area contributed by atoms with E-state index in [1.54, 1.807) is 12.0 Å². The Morgan fingerprint density at radius 2 is 2.00 bits per heavy atom. The third-order valence-corrected chi connectivity index (χ3v) is 4.22. The van der Waals surface area contributed by atoms with Crippen LogP contribution in [0.15, 0.2) is 24.3 Å². The maximum atomic E-state index is 12.6. The van der Waals surface area contributed by atoms with Gasteiger partial charge in [0.15, 0.2) is 0 Å². The number of carbonyl (C=O) groups is 1. The van der Waals surface area contributed by atoms with E-state index in [2.05, 4.69) is 5.32 Å². The summed E-state index contributed by atoms with van der Waals surface area (Å²) < 4.78 is 10.8. The molecule has 122 valence electrons. The number of methoxy groups -OCH3 is 1. The molecular weight excluding hydrogens is 280 g/mol. The Morgan fingerprint density at radius 3 is 2.59 bits per heavy atom. The van der Waals surface area contributed by atoms with Crippen LogP contribution in [0.5, 0.6) is 11.5 Å². The van der Waals surface area contributed by atoms with Gasteiger partial charge in [-0.05, 0) is 50.6 Å². The second-order valence-corrected chi connectivity index (χ2v) is 6.09. The predicted molar refractivity (Wildman–Crippen MR) is 86.3 cm³/mol. The monoisotopic (exact) mass is 306 g/mol. The van der Waals surface area contributed by atoms with E-state index in [1.807, 2.05) is 38.2 Å². The number of ether oxygens (including phenoxy) is 2. The first-order chi connectivity index (χ1) is 10.5. The van der Waals surface area contributed by atoms with Gasteiger partial charge >= 0.3 is 0 Å². The molecule has 0 bridgehead atoms. The first kappa shape index (κ1) is 16.6. The minimum Gasteiger partial charge on any atom is -0.497 e. The number of hydrogen-bond acceptors (Lipinski definition) is 4. The van der Waals surface area contributed by atoms with Gasteiger partial charge in [0.05, 0.1) is 19.1 Å². The van der Waals surface area contributed by atoms with Crippen molar-refractivity contribution in [3.8, 4) is 11.5 Å². The van der Waals surface area contributed by atoms with Crippen molar-refractivity contribution in [2.75, 3.05) is 40.4 Å². The second-order valence-electron chi connectivity index (χ2n) is 6.09. The van der Waals surface area contributed by atoms with Crippen LogP contribution in [-0.2, 0) is 4.79 Å². The highest BCUT2D eigenvalue weighted by atomic mass is 16.5. The Bertz CT molecular complexity index is 481. The van der Waals surface area contributed by atoms with Crippen LogP contribution in [0, 0.1) is 5.41 Å². The zero-order chi connectivity index (χ0) is 16.0. The van der Waals surface area contributed by atoms with Crippen molar-refractivity contribution in [3.63, 3.8) is 0 Å². The van der Waals surface area contributed by atoms with Gasteiger partial charge in [-0.25, -0.2) is 0 Å². The van der Waals surface area contributed by atoms with Gasteiger partial charge in [0, 0.05) is 13.6 Å². The normalized spacial score (nSPS) is 21.2. The predicted octanol–water partition coefficient (Wildman–Crippen LogP) is 1.92. The van der Waals surface area contributed by atoms with E-state index in [-0.39, 0.29) is 11.3 Å². The van der Waals surface area contributed by atoms with E-state index in [1.165, 1.54) is 0 Å². The molecule has 1 atom stereocenters. The van der Waals surface area contributed by atoms with Crippen molar-refractivity contribution in [1.29, 1.82) is 0 Å². The van der Waals surface area contributed by atoms with E-state index >= 15 is 0 Å². The lowest BCUT2D eigenvalue weighted by Crippen LogP contribution is -2.49. The molecule has 22 heavy (non-hydrogen) atoms. The Labute approximate surface area is 132 Å². The summed E-state index contributed by atoms with van der Waals surface area (Å²) in [6.45, 7) is 4.88. The Kier molecular flexibility index (Phi) is 5.66. The van der Waals surface area contributed by atoms with Crippen LogP contribution in [0.4, 0.5) is 0 Å². The molecule has 5 nitrogen and oxygen atoms in total. The lowest BCUT2D eigenvalue weighted by Gasteiger charge is -2.36. The molecule has 1 fully saturated rings. The van der Waals surface area contributed by atoms with Gasteiger partial charge in [0.2, 0.25) is 5.91 Å². The van der Waals surface area contributed by atoms with E-state index in [9.17, 15) is 4.79 Å². The lowest BCUT2D eigenvalue weighted by molar-refractivity contribution is -0.141. The fourth-order valence-corrected chi connectivity index (χ4v) is 2.77. The molecule has 5 heteroatoms. The van der Waals surface area contributed by atoms with Gasteiger partial charge in [-0.3, -0.25) is 4.79 Å². The maximum absolute atomic E-state index is 12.6. The highest BCUT2D eigenvalue weighted by Crippen LogP contribution is 2.27. The minimum atomic E-state index is -0.285. The highest BCUT2D eigenvalue weighted by Gasteiger charge is 2.36. The van der Waals surface area contributed by atoms with Gasteiger partial charge < -0.3 is 19.7 Å². The smallest absolute Gasteiger partial charge is 0.229 e. The van der Waals surface area contributed by atoms with Crippen LogP contribution < -0.4 is 14.8 Å². The average molecular weight is 306 g/mol. The summed E-state index contributed by atoms with van der Waals surface area (Å²) in [5, 5.41) is 3.31. The largest absolute Gasteiger partial charge is 0.497 e. The quantitative estimate of drug-likeness (QED) is 0.872. The standard InChI is InChI=1S/C17H26N2O3/c1-17(9-4-10-18-13-17)16(20)19(2)11-12-22-15-7-5-14(21-3)6-8-15/h5-8,18H,4,9-13H2,1-3H3. The average Bonchev–Trinajstić information content (AvgIpc) is 2.55. The Balaban J connectivity index is 1.79. The molecule has 0 aliphatic carbocycles. The third-order valence-electron chi connectivity index (χ3n) is 4.22. The van der Waals surface area contributed by atoms with Gasteiger partial charge in [0.25, 0.3) is 0 Å². The fourth-order valence-electron chi connectivity index (χ4n) is 2.77. The molecule has 2 rings (SSSR count). The number of hydrogen-bond donors (Lipinski definition) is 1. The molecule has 0 spiro atoms. The van der Waals surface area contributed by atoms with E-state index < -0.39 is 0 Å². The SMILES string of the molecule is COc1ccc(OCCN(C)C(=O)C2(C)CCCNC2)cc1. The second kappa shape index (κ2) is 7.49. The molecule has 1 N–H and O–H groups in total. The van der Waals surface area contributed by atoms with Crippen LogP contribution >= 0.6 is 0 Å². The summed E-state index contributed by atoms with van der Waals surface area (Å²) in [6, 6.07) is 7.46. The molecular formula is C17H26N2O3. The van der Waals surface area contributed by atoms with Crippen LogP contribution in [-0.4, -0.2) is 51.2 Å².